The van der Waals surface area contributed by atoms with Crippen LogP contribution in [-0.4, -0.2) is 25.0 Å². The van der Waals surface area contributed by atoms with Crippen LogP contribution in [0.5, 0.6) is 0 Å². The Labute approximate surface area is 109 Å². The number of carbonyl (C=O) groups excluding carboxylic acids is 1. The summed E-state index contributed by atoms with van der Waals surface area (Å²) in [6.45, 7) is 5.87. The monoisotopic (exact) mass is 246 g/mol. The first-order valence-electron chi connectivity index (χ1n) is 6.81. The molecular weight excluding hydrogens is 224 g/mol. The SMILES string of the molecule is CCN(C(=O)CC1CCCN1)c1cccc(C)c1. The molecule has 1 heterocycles. The van der Waals surface area contributed by atoms with E-state index in [0.717, 1.165) is 25.2 Å². The smallest absolute Gasteiger partial charge is 0.228 e. The molecule has 1 saturated heterocycles. The number of nitrogens with zero attached hydrogens (tertiary/aromatic N) is 1. The van der Waals surface area contributed by atoms with Crippen molar-refractivity contribution >= 4 is 11.6 Å². The van der Waals surface area contributed by atoms with Gasteiger partial charge in [-0.3, -0.25) is 4.79 Å². The van der Waals surface area contributed by atoms with Crippen LogP contribution < -0.4 is 10.2 Å². The van der Waals surface area contributed by atoms with Crippen molar-refractivity contribution in [2.75, 3.05) is 18.0 Å². The van der Waals surface area contributed by atoms with Crippen molar-refractivity contribution in [3.63, 3.8) is 0 Å². The molecule has 1 fully saturated rings. The maximum atomic E-state index is 12.3. The number of nitrogens with one attached hydrogen (secondary N) is 1. The van der Waals surface area contributed by atoms with E-state index in [1.165, 1.54) is 12.0 Å². The second kappa shape index (κ2) is 6.01. The molecule has 18 heavy (non-hydrogen) atoms. The average Bonchev–Trinajstić information content (AvgIpc) is 2.83. The summed E-state index contributed by atoms with van der Waals surface area (Å²) in [6, 6.07) is 8.52. The Bertz CT molecular complexity index is 411. The average molecular weight is 246 g/mol. The predicted molar refractivity (Wildman–Crippen MR) is 74.8 cm³/mol. The zero-order chi connectivity index (χ0) is 13.0. The van der Waals surface area contributed by atoms with E-state index in [-0.39, 0.29) is 5.91 Å². The molecule has 1 aromatic carbocycles. The van der Waals surface area contributed by atoms with Crippen molar-refractivity contribution < 1.29 is 4.79 Å². The van der Waals surface area contributed by atoms with Crippen LogP contribution in [0.15, 0.2) is 24.3 Å². The van der Waals surface area contributed by atoms with E-state index in [4.69, 9.17) is 0 Å². The van der Waals surface area contributed by atoms with Gasteiger partial charge in [-0.25, -0.2) is 0 Å². The van der Waals surface area contributed by atoms with Crippen molar-refractivity contribution in [1.29, 1.82) is 0 Å². The largest absolute Gasteiger partial charge is 0.313 e. The van der Waals surface area contributed by atoms with E-state index in [9.17, 15) is 4.79 Å². The topological polar surface area (TPSA) is 32.3 Å². The fourth-order valence-electron chi connectivity index (χ4n) is 2.55. The Morgan fingerprint density at radius 2 is 2.33 bits per heavy atom. The van der Waals surface area contributed by atoms with Crippen molar-refractivity contribution in [2.45, 2.75) is 39.2 Å². The van der Waals surface area contributed by atoms with Gasteiger partial charge in [-0.05, 0) is 50.9 Å². The minimum Gasteiger partial charge on any atom is -0.313 e. The lowest BCUT2D eigenvalue weighted by molar-refractivity contribution is -0.119. The molecule has 1 atom stereocenters. The highest BCUT2D eigenvalue weighted by atomic mass is 16.2. The van der Waals surface area contributed by atoms with E-state index < -0.39 is 0 Å². The summed E-state index contributed by atoms with van der Waals surface area (Å²) in [5.74, 6) is 0.225. The number of anilines is 1. The molecule has 0 spiro atoms. The molecule has 0 saturated carbocycles. The van der Waals surface area contributed by atoms with Gasteiger partial charge in [0.1, 0.15) is 0 Å². The van der Waals surface area contributed by atoms with E-state index >= 15 is 0 Å². The molecule has 0 bridgehead atoms. The minimum absolute atomic E-state index is 0.225. The molecule has 3 nitrogen and oxygen atoms in total. The van der Waals surface area contributed by atoms with Gasteiger partial charge in [0.15, 0.2) is 0 Å². The number of benzene rings is 1. The van der Waals surface area contributed by atoms with Gasteiger partial charge in [0, 0.05) is 24.7 Å². The summed E-state index contributed by atoms with van der Waals surface area (Å²) in [5, 5.41) is 3.38. The molecule has 0 aliphatic carbocycles. The highest BCUT2D eigenvalue weighted by Crippen LogP contribution is 2.18. The second-order valence-corrected chi connectivity index (χ2v) is 4.97. The normalized spacial score (nSPS) is 18.9. The molecule has 1 N–H and O–H groups in total. The van der Waals surface area contributed by atoms with E-state index in [1.54, 1.807) is 0 Å². The summed E-state index contributed by atoms with van der Waals surface area (Å²) in [5.41, 5.74) is 2.21. The van der Waals surface area contributed by atoms with Crippen molar-refractivity contribution in [3.8, 4) is 0 Å². The third-order valence-corrected chi connectivity index (χ3v) is 3.51. The molecule has 1 amide bonds. The summed E-state index contributed by atoms with van der Waals surface area (Å²) in [4.78, 5) is 14.2. The van der Waals surface area contributed by atoms with Crippen LogP contribution in [0.3, 0.4) is 0 Å². The Kier molecular flexibility index (Phi) is 4.37. The van der Waals surface area contributed by atoms with E-state index in [2.05, 4.69) is 24.4 Å². The number of hydrogen-bond acceptors (Lipinski definition) is 2. The molecular formula is C15H22N2O. The van der Waals surface area contributed by atoms with Crippen LogP contribution in [0.25, 0.3) is 0 Å². The van der Waals surface area contributed by atoms with Gasteiger partial charge in [0.05, 0.1) is 0 Å². The number of rotatable bonds is 4. The van der Waals surface area contributed by atoms with Crippen LogP contribution in [0.4, 0.5) is 5.69 Å². The van der Waals surface area contributed by atoms with E-state index in [0.29, 0.717) is 12.5 Å². The van der Waals surface area contributed by atoms with Gasteiger partial charge >= 0.3 is 0 Å². The van der Waals surface area contributed by atoms with Crippen LogP contribution >= 0.6 is 0 Å². The van der Waals surface area contributed by atoms with Gasteiger partial charge in [-0.15, -0.1) is 0 Å². The van der Waals surface area contributed by atoms with E-state index in [1.807, 2.05) is 24.0 Å². The first kappa shape index (κ1) is 13.1. The summed E-state index contributed by atoms with van der Waals surface area (Å²) >= 11 is 0. The van der Waals surface area contributed by atoms with Gasteiger partial charge < -0.3 is 10.2 Å². The standard InChI is InChI=1S/C15H22N2O/c1-3-17(14-8-4-6-12(2)10-14)15(18)11-13-7-5-9-16-13/h4,6,8,10,13,16H,3,5,7,9,11H2,1-2H3. The van der Waals surface area contributed by atoms with Gasteiger partial charge in [0.2, 0.25) is 5.91 Å². The molecule has 3 heteroatoms. The maximum Gasteiger partial charge on any atom is 0.228 e. The van der Waals surface area contributed by atoms with Gasteiger partial charge in [-0.1, -0.05) is 12.1 Å². The number of aryl methyl sites for hydroxylation is 1. The third kappa shape index (κ3) is 3.10. The molecule has 98 valence electrons. The highest BCUT2D eigenvalue weighted by Gasteiger charge is 2.21. The number of hydrogen-bond donors (Lipinski definition) is 1. The molecule has 0 radical (unpaired) electrons. The third-order valence-electron chi connectivity index (χ3n) is 3.51. The number of carbonyl (C=O) groups is 1. The van der Waals surface area contributed by atoms with Crippen LogP contribution in [0.1, 0.15) is 31.7 Å². The van der Waals surface area contributed by atoms with Crippen LogP contribution in [0.2, 0.25) is 0 Å². The first-order chi connectivity index (χ1) is 8.70. The van der Waals surface area contributed by atoms with Crippen molar-refractivity contribution in [3.05, 3.63) is 29.8 Å². The molecule has 1 aliphatic rings. The zero-order valence-corrected chi connectivity index (χ0v) is 11.3. The molecule has 1 aromatic rings. The highest BCUT2D eigenvalue weighted by molar-refractivity contribution is 5.93. The maximum absolute atomic E-state index is 12.3. The Balaban J connectivity index is 2.05. The van der Waals surface area contributed by atoms with Crippen LogP contribution in [0, 0.1) is 6.92 Å². The minimum atomic E-state index is 0.225. The summed E-state index contributed by atoms with van der Waals surface area (Å²) < 4.78 is 0. The molecule has 1 aliphatic heterocycles. The Morgan fingerprint density at radius 3 is 2.94 bits per heavy atom. The molecule has 0 aromatic heterocycles. The Hall–Kier alpha value is -1.35. The molecule has 2 rings (SSSR count). The lowest BCUT2D eigenvalue weighted by Gasteiger charge is -2.23. The Morgan fingerprint density at radius 1 is 1.50 bits per heavy atom. The quantitative estimate of drug-likeness (QED) is 0.885. The fourth-order valence-corrected chi connectivity index (χ4v) is 2.55. The lowest BCUT2D eigenvalue weighted by Crippen LogP contribution is -2.35. The molecule has 1 unspecified atom stereocenters. The lowest BCUT2D eigenvalue weighted by atomic mass is 10.1. The summed E-state index contributed by atoms with van der Waals surface area (Å²) in [7, 11) is 0. The van der Waals surface area contributed by atoms with Crippen molar-refractivity contribution in [2.24, 2.45) is 0 Å². The predicted octanol–water partition coefficient (Wildman–Crippen LogP) is 2.49. The fraction of sp³-hybridized carbons (Fsp3) is 0.533. The van der Waals surface area contributed by atoms with Gasteiger partial charge in [-0.2, -0.15) is 0 Å². The van der Waals surface area contributed by atoms with Crippen LogP contribution in [-0.2, 0) is 4.79 Å². The zero-order valence-electron chi connectivity index (χ0n) is 11.3. The first-order valence-corrected chi connectivity index (χ1v) is 6.81. The second-order valence-electron chi connectivity index (χ2n) is 4.97. The number of amides is 1. The van der Waals surface area contributed by atoms with Crippen molar-refractivity contribution in [1.82, 2.24) is 5.32 Å². The van der Waals surface area contributed by atoms with Gasteiger partial charge in [0.25, 0.3) is 0 Å². The summed E-state index contributed by atoms with van der Waals surface area (Å²) in [6.07, 6.45) is 2.92.